The van der Waals surface area contributed by atoms with E-state index in [0.717, 1.165) is 12.8 Å². The standard InChI is InChI=1S/C11H21BrO2/c1-3-4-5-6-7-8-9-11(12)14-10(2)13/h11H,3-9H2,1-2H3. The smallest absolute Gasteiger partial charge is 0.303 e. The molecule has 0 fully saturated rings. The highest BCUT2D eigenvalue weighted by atomic mass is 79.9. The highest BCUT2D eigenvalue weighted by Crippen LogP contribution is 2.14. The fourth-order valence-electron chi connectivity index (χ4n) is 1.32. The Labute approximate surface area is 95.5 Å². The van der Waals surface area contributed by atoms with Crippen molar-refractivity contribution in [1.82, 2.24) is 0 Å². The zero-order valence-electron chi connectivity index (χ0n) is 9.22. The first-order valence-electron chi connectivity index (χ1n) is 5.48. The molecule has 0 saturated heterocycles. The Bertz CT molecular complexity index is 148. The Balaban J connectivity index is 3.14. The highest BCUT2D eigenvalue weighted by molar-refractivity contribution is 9.09. The maximum Gasteiger partial charge on any atom is 0.303 e. The van der Waals surface area contributed by atoms with Crippen molar-refractivity contribution in [3.8, 4) is 0 Å². The molecule has 0 saturated carbocycles. The average molecular weight is 265 g/mol. The normalized spacial score (nSPS) is 12.5. The van der Waals surface area contributed by atoms with E-state index in [1.54, 1.807) is 0 Å². The molecule has 0 aromatic carbocycles. The first-order chi connectivity index (χ1) is 6.66. The van der Waals surface area contributed by atoms with E-state index in [-0.39, 0.29) is 11.0 Å². The number of hydrogen-bond acceptors (Lipinski definition) is 2. The first-order valence-corrected chi connectivity index (χ1v) is 6.39. The van der Waals surface area contributed by atoms with Crippen LogP contribution in [0.1, 0.15) is 58.8 Å². The van der Waals surface area contributed by atoms with E-state index < -0.39 is 0 Å². The first kappa shape index (κ1) is 13.9. The van der Waals surface area contributed by atoms with Crippen molar-refractivity contribution < 1.29 is 9.53 Å². The van der Waals surface area contributed by atoms with Gasteiger partial charge in [-0.15, -0.1) is 0 Å². The largest absolute Gasteiger partial charge is 0.451 e. The van der Waals surface area contributed by atoms with Crippen LogP contribution >= 0.6 is 15.9 Å². The summed E-state index contributed by atoms with van der Waals surface area (Å²) in [5.41, 5.74) is 0. The number of unbranched alkanes of at least 4 members (excludes halogenated alkanes) is 5. The summed E-state index contributed by atoms with van der Waals surface area (Å²) in [6, 6.07) is 0. The van der Waals surface area contributed by atoms with Crippen molar-refractivity contribution in [2.45, 2.75) is 63.8 Å². The molecule has 0 aromatic rings. The Morgan fingerprint density at radius 3 is 2.36 bits per heavy atom. The highest BCUT2D eigenvalue weighted by Gasteiger charge is 2.05. The maximum absolute atomic E-state index is 10.6. The van der Waals surface area contributed by atoms with Gasteiger partial charge in [-0.3, -0.25) is 4.79 Å². The minimum atomic E-state index is -0.210. The van der Waals surface area contributed by atoms with Crippen LogP contribution in [0.25, 0.3) is 0 Å². The summed E-state index contributed by atoms with van der Waals surface area (Å²) in [5, 5.41) is -0.0915. The molecule has 0 aliphatic rings. The van der Waals surface area contributed by atoms with E-state index in [1.807, 2.05) is 0 Å². The van der Waals surface area contributed by atoms with Crippen LogP contribution in [0.2, 0.25) is 0 Å². The van der Waals surface area contributed by atoms with Gasteiger partial charge in [0.15, 0.2) is 5.01 Å². The second-order valence-electron chi connectivity index (χ2n) is 3.58. The van der Waals surface area contributed by atoms with Crippen molar-refractivity contribution in [3.63, 3.8) is 0 Å². The molecule has 84 valence electrons. The van der Waals surface area contributed by atoms with Crippen LogP contribution in [0.3, 0.4) is 0 Å². The van der Waals surface area contributed by atoms with E-state index in [0.29, 0.717) is 0 Å². The van der Waals surface area contributed by atoms with Gasteiger partial charge in [-0.25, -0.2) is 0 Å². The monoisotopic (exact) mass is 264 g/mol. The molecule has 0 amide bonds. The minimum Gasteiger partial charge on any atom is -0.451 e. The van der Waals surface area contributed by atoms with Crippen molar-refractivity contribution in [2.24, 2.45) is 0 Å². The zero-order valence-corrected chi connectivity index (χ0v) is 10.8. The van der Waals surface area contributed by atoms with Gasteiger partial charge in [-0.2, -0.15) is 0 Å². The number of esters is 1. The molecule has 0 N–H and O–H groups in total. The van der Waals surface area contributed by atoms with Crippen molar-refractivity contribution in [3.05, 3.63) is 0 Å². The molecule has 2 nitrogen and oxygen atoms in total. The van der Waals surface area contributed by atoms with Gasteiger partial charge >= 0.3 is 5.97 Å². The lowest BCUT2D eigenvalue weighted by Crippen LogP contribution is -2.08. The van der Waals surface area contributed by atoms with Crippen molar-refractivity contribution >= 4 is 21.9 Å². The third-order valence-corrected chi connectivity index (χ3v) is 2.72. The Morgan fingerprint density at radius 1 is 1.21 bits per heavy atom. The Kier molecular flexibility index (Phi) is 9.47. The fraction of sp³-hybridized carbons (Fsp3) is 0.909. The molecule has 0 heterocycles. The van der Waals surface area contributed by atoms with Crippen LogP contribution in [0, 0.1) is 0 Å². The third kappa shape index (κ3) is 10.0. The number of hydrogen-bond donors (Lipinski definition) is 0. The summed E-state index contributed by atoms with van der Waals surface area (Å²) in [4.78, 5) is 10.6. The number of rotatable bonds is 8. The third-order valence-electron chi connectivity index (χ3n) is 2.08. The number of alkyl halides is 1. The number of carbonyl (C=O) groups is 1. The van der Waals surface area contributed by atoms with Crippen molar-refractivity contribution in [2.75, 3.05) is 0 Å². The molecule has 0 aliphatic carbocycles. The summed E-state index contributed by atoms with van der Waals surface area (Å²) in [7, 11) is 0. The second-order valence-corrected chi connectivity index (χ2v) is 4.60. The molecule has 1 atom stereocenters. The van der Waals surface area contributed by atoms with Crippen LogP contribution in [0.4, 0.5) is 0 Å². The Morgan fingerprint density at radius 2 is 1.79 bits per heavy atom. The molecule has 3 heteroatoms. The fourth-order valence-corrected chi connectivity index (χ4v) is 1.91. The molecule has 0 aliphatic heterocycles. The molecule has 0 aromatic heterocycles. The maximum atomic E-state index is 10.6. The zero-order chi connectivity index (χ0) is 10.8. The molecule has 0 radical (unpaired) electrons. The predicted octanol–water partition coefficient (Wildman–Crippen LogP) is 4.02. The molecule has 1 unspecified atom stereocenters. The van der Waals surface area contributed by atoms with Gasteiger partial charge in [0, 0.05) is 6.92 Å². The van der Waals surface area contributed by atoms with Gasteiger partial charge in [-0.05, 0) is 28.8 Å². The van der Waals surface area contributed by atoms with Gasteiger partial charge in [0.05, 0.1) is 0 Å². The summed E-state index contributed by atoms with van der Waals surface area (Å²) in [6.45, 7) is 3.66. The van der Waals surface area contributed by atoms with Gasteiger partial charge in [0.2, 0.25) is 0 Å². The van der Waals surface area contributed by atoms with Gasteiger partial charge in [0.25, 0.3) is 0 Å². The summed E-state index contributed by atoms with van der Waals surface area (Å²) >= 11 is 3.32. The van der Waals surface area contributed by atoms with Crippen LogP contribution in [0.15, 0.2) is 0 Å². The molecule has 0 bridgehead atoms. The predicted molar refractivity (Wildman–Crippen MR) is 62.5 cm³/mol. The van der Waals surface area contributed by atoms with E-state index in [1.165, 1.54) is 39.0 Å². The van der Waals surface area contributed by atoms with E-state index in [2.05, 4.69) is 22.9 Å². The van der Waals surface area contributed by atoms with E-state index in [9.17, 15) is 4.79 Å². The lowest BCUT2D eigenvalue weighted by Gasteiger charge is -2.09. The number of halogens is 1. The topological polar surface area (TPSA) is 26.3 Å². The number of carbonyl (C=O) groups excluding carboxylic acids is 1. The minimum absolute atomic E-state index is 0.0915. The SMILES string of the molecule is CCCCCCCCC(Br)OC(C)=O. The van der Waals surface area contributed by atoms with Crippen LogP contribution in [0.5, 0.6) is 0 Å². The Hall–Kier alpha value is -0.0500. The summed E-state index contributed by atoms with van der Waals surface area (Å²) < 4.78 is 4.96. The molecule has 0 rings (SSSR count). The average Bonchev–Trinajstić information content (AvgIpc) is 2.10. The van der Waals surface area contributed by atoms with Crippen LogP contribution in [-0.2, 0) is 9.53 Å². The summed E-state index contributed by atoms with van der Waals surface area (Å²) in [6.07, 6.45) is 8.54. The lowest BCUT2D eigenvalue weighted by atomic mass is 10.1. The number of ether oxygens (including phenoxy) is 1. The van der Waals surface area contributed by atoms with Gasteiger partial charge < -0.3 is 4.74 Å². The van der Waals surface area contributed by atoms with E-state index in [4.69, 9.17) is 4.74 Å². The van der Waals surface area contributed by atoms with Crippen LogP contribution in [-0.4, -0.2) is 11.0 Å². The lowest BCUT2D eigenvalue weighted by molar-refractivity contribution is -0.142. The molecule has 14 heavy (non-hydrogen) atoms. The van der Waals surface area contributed by atoms with Crippen LogP contribution < -0.4 is 0 Å². The molecular formula is C11H21BrO2. The summed E-state index contributed by atoms with van der Waals surface area (Å²) in [5.74, 6) is -0.210. The quantitative estimate of drug-likeness (QED) is 0.376. The molecular weight excluding hydrogens is 244 g/mol. The van der Waals surface area contributed by atoms with Gasteiger partial charge in [0.1, 0.15) is 0 Å². The van der Waals surface area contributed by atoms with E-state index >= 15 is 0 Å². The second kappa shape index (κ2) is 9.50. The van der Waals surface area contributed by atoms with Gasteiger partial charge in [-0.1, -0.05) is 39.0 Å². The molecule has 0 spiro atoms. The van der Waals surface area contributed by atoms with Crippen molar-refractivity contribution in [1.29, 1.82) is 0 Å².